The van der Waals surface area contributed by atoms with Crippen LogP contribution in [0.1, 0.15) is 76.3 Å². The van der Waals surface area contributed by atoms with E-state index in [0.717, 1.165) is 64.5 Å². The largest absolute Gasteiger partial charge is 0.390 e. The van der Waals surface area contributed by atoms with Gasteiger partial charge in [0.05, 0.1) is 11.2 Å². The topological polar surface area (TPSA) is 69.7 Å². The van der Waals surface area contributed by atoms with Crippen LogP contribution in [0.15, 0.2) is 60.7 Å². The van der Waals surface area contributed by atoms with Gasteiger partial charge in [0.2, 0.25) is 0 Å². The second-order valence-electron chi connectivity index (χ2n) is 10.4. The van der Waals surface area contributed by atoms with Crippen molar-refractivity contribution < 1.29 is 10.2 Å². The zero-order chi connectivity index (χ0) is 23.0. The predicted molar refractivity (Wildman–Crippen MR) is 132 cm³/mol. The fourth-order valence-electron chi connectivity index (χ4n) is 4.80. The van der Waals surface area contributed by atoms with Crippen LogP contribution in [0.5, 0.6) is 0 Å². The fraction of sp³-hybridized carbons (Fsp3) is 0.571. The summed E-state index contributed by atoms with van der Waals surface area (Å²) in [5.41, 5.74) is 7.48. The number of benzene rings is 2. The van der Waals surface area contributed by atoms with Crippen molar-refractivity contribution >= 4 is 0 Å². The van der Waals surface area contributed by atoms with Crippen LogP contribution in [0.2, 0.25) is 0 Å². The minimum Gasteiger partial charge on any atom is -0.390 e. The molecule has 4 nitrogen and oxygen atoms in total. The fourth-order valence-corrected chi connectivity index (χ4v) is 4.80. The van der Waals surface area contributed by atoms with Crippen LogP contribution < -0.4 is 5.73 Å². The summed E-state index contributed by atoms with van der Waals surface area (Å²) < 4.78 is 0. The third kappa shape index (κ3) is 8.32. The molecule has 0 radical (unpaired) electrons. The number of hydrogen-bond donors (Lipinski definition) is 3. The van der Waals surface area contributed by atoms with Crippen molar-refractivity contribution in [3.8, 4) is 0 Å². The van der Waals surface area contributed by atoms with Crippen LogP contribution in [0, 0.1) is 0 Å². The summed E-state index contributed by atoms with van der Waals surface area (Å²) in [6, 6.07) is 22.3. The molecule has 2 aromatic carbocycles. The summed E-state index contributed by atoms with van der Waals surface area (Å²) in [5.74, 6) is 0. The molecule has 32 heavy (non-hydrogen) atoms. The third-order valence-corrected chi connectivity index (χ3v) is 7.11. The summed E-state index contributed by atoms with van der Waals surface area (Å²) in [6.45, 7) is 5.81. The summed E-state index contributed by atoms with van der Waals surface area (Å²) in [4.78, 5) is 2.58. The summed E-state index contributed by atoms with van der Waals surface area (Å²) >= 11 is 0. The second kappa shape index (κ2) is 11.4. The number of rotatable bonds is 5. The maximum absolute atomic E-state index is 10.2. The Labute approximate surface area is 194 Å². The van der Waals surface area contributed by atoms with Gasteiger partial charge in [0, 0.05) is 25.2 Å². The van der Waals surface area contributed by atoms with Gasteiger partial charge in [-0.1, -0.05) is 60.7 Å². The summed E-state index contributed by atoms with van der Waals surface area (Å²) in [7, 11) is 0. The van der Waals surface area contributed by atoms with Crippen LogP contribution in [-0.4, -0.2) is 38.4 Å². The highest BCUT2D eigenvalue weighted by atomic mass is 16.3. The molecule has 4 heteroatoms. The van der Waals surface area contributed by atoms with Crippen LogP contribution in [0.3, 0.4) is 0 Å². The SMILES string of the molecule is CC1(O)CCC(N(Cc2ccccc2)Cc2ccccc2)CC1.CC1(O)CCC(N)CC1. The standard InChI is InChI=1S/C21H27NO.C7H15NO/c1-21(23)14-12-20(13-15-21)22(16-18-8-4-2-5-9-18)17-19-10-6-3-7-11-19;1-7(9)4-2-6(8)3-5-7/h2-11,20,23H,12-17H2,1H3;6,9H,2-5,8H2,1H3. The Morgan fingerprint density at radius 2 is 1.09 bits per heavy atom. The second-order valence-corrected chi connectivity index (χ2v) is 10.4. The Bertz CT molecular complexity index is 730. The van der Waals surface area contributed by atoms with Gasteiger partial charge in [-0.05, 0) is 76.3 Å². The molecule has 176 valence electrons. The molecule has 0 aromatic heterocycles. The van der Waals surface area contributed by atoms with E-state index in [0.29, 0.717) is 12.1 Å². The zero-order valence-corrected chi connectivity index (χ0v) is 19.9. The van der Waals surface area contributed by atoms with Crippen LogP contribution in [-0.2, 0) is 13.1 Å². The van der Waals surface area contributed by atoms with E-state index in [1.807, 2.05) is 13.8 Å². The van der Waals surface area contributed by atoms with Crippen molar-refractivity contribution in [2.24, 2.45) is 5.73 Å². The number of hydrogen-bond acceptors (Lipinski definition) is 4. The molecule has 4 N–H and O–H groups in total. The molecule has 2 fully saturated rings. The Morgan fingerprint density at radius 3 is 1.47 bits per heavy atom. The Morgan fingerprint density at radius 1 is 0.719 bits per heavy atom. The van der Waals surface area contributed by atoms with Crippen molar-refractivity contribution in [2.75, 3.05) is 0 Å². The van der Waals surface area contributed by atoms with E-state index in [2.05, 4.69) is 65.6 Å². The van der Waals surface area contributed by atoms with Crippen LogP contribution in [0.4, 0.5) is 0 Å². The molecule has 0 atom stereocenters. The van der Waals surface area contributed by atoms with Gasteiger partial charge in [0.15, 0.2) is 0 Å². The average molecular weight is 439 g/mol. The average Bonchev–Trinajstić information content (AvgIpc) is 2.77. The molecule has 2 saturated carbocycles. The molecule has 0 unspecified atom stereocenters. The molecule has 2 aliphatic carbocycles. The molecule has 0 aliphatic heterocycles. The first-order valence-corrected chi connectivity index (χ1v) is 12.2. The van der Waals surface area contributed by atoms with E-state index in [9.17, 15) is 10.2 Å². The van der Waals surface area contributed by atoms with Crippen molar-refractivity contribution in [1.29, 1.82) is 0 Å². The third-order valence-electron chi connectivity index (χ3n) is 7.11. The molecule has 0 heterocycles. The van der Waals surface area contributed by atoms with Gasteiger partial charge < -0.3 is 15.9 Å². The maximum Gasteiger partial charge on any atom is 0.0621 e. The Balaban J connectivity index is 0.000000269. The van der Waals surface area contributed by atoms with Gasteiger partial charge in [-0.2, -0.15) is 0 Å². The normalized spacial score (nSPS) is 30.4. The van der Waals surface area contributed by atoms with E-state index in [4.69, 9.17) is 5.73 Å². The Hall–Kier alpha value is -1.72. The number of nitrogens with zero attached hydrogens (tertiary/aromatic N) is 1. The highest BCUT2D eigenvalue weighted by Gasteiger charge is 2.31. The molecule has 0 saturated heterocycles. The summed E-state index contributed by atoms with van der Waals surface area (Å²) in [5, 5.41) is 19.7. The Kier molecular flexibility index (Phi) is 8.89. The van der Waals surface area contributed by atoms with Crippen molar-refractivity contribution in [2.45, 2.75) is 102 Å². The molecule has 2 aromatic rings. The highest BCUT2D eigenvalue weighted by molar-refractivity contribution is 5.17. The molecular formula is C28H42N2O2. The van der Waals surface area contributed by atoms with Gasteiger partial charge >= 0.3 is 0 Å². The van der Waals surface area contributed by atoms with E-state index in [1.54, 1.807) is 0 Å². The zero-order valence-electron chi connectivity index (χ0n) is 19.9. The number of aliphatic hydroxyl groups is 2. The molecule has 0 amide bonds. The lowest BCUT2D eigenvalue weighted by Crippen LogP contribution is -2.41. The van der Waals surface area contributed by atoms with E-state index in [1.165, 1.54) is 11.1 Å². The lowest BCUT2D eigenvalue weighted by Gasteiger charge is -2.39. The lowest BCUT2D eigenvalue weighted by molar-refractivity contribution is -0.00837. The first kappa shape index (κ1) is 24.9. The van der Waals surface area contributed by atoms with Gasteiger partial charge in [0.25, 0.3) is 0 Å². The van der Waals surface area contributed by atoms with E-state index < -0.39 is 11.2 Å². The number of nitrogens with two attached hydrogens (primary N) is 1. The highest BCUT2D eigenvalue weighted by Crippen LogP contribution is 2.32. The van der Waals surface area contributed by atoms with Gasteiger partial charge in [-0.3, -0.25) is 4.90 Å². The molecule has 0 bridgehead atoms. The van der Waals surface area contributed by atoms with Gasteiger partial charge in [-0.25, -0.2) is 0 Å². The monoisotopic (exact) mass is 438 g/mol. The predicted octanol–water partition coefficient (Wildman–Crippen LogP) is 5.02. The maximum atomic E-state index is 10.2. The van der Waals surface area contributed by atoms with E-state index in [-0.39, 0.29) is 0 Å². The molecule has 4 rings (SSSR count). The van der Waals surface area contributed by atoms with Crippen LogP contribution >= 0.6 is 0 Å². The smallest absolute Gasteiger partial charge is 0.0621 e. The van der Waals surface area contributed by atoms with Crippen molar-refractivity contribution in [3.05, 3.63) is 71.8 Å². The lowest BCUT2D eigenvalue weighted by atomic mass is 9.83. The minimum absolute atomic E-state index is 0.338. The van der Waals surface area contributed by atoms with Crippen molar-refractivity contribution in [1.82, 2.24) is 4.90 Å². The molecule has 2 aliphatic rings. The molecular weight excluding hydrogens is 396 g/mol. The quantitative estimate of drug-likeness (QED) is 0.613. The van der Waals surface area contributed by atoms with Crippen LogP contribution in [0.25, 0.3) is 0 Å². The minimum atomic E-state index is -0.471. The van der Waals surface area contributed by atoms with Gasteiger partial charge in [0.1, 0.15) is 0 Å². The molecule has 0 spiro atoms. The first-order chi connectivity index (χ1) is 15.2. The van der Waals surface area contributed by atoms with Crippen molar-refractivity contribution in [3.63, 3.8) is 0 Å². The summed E-state index contributed by atoms with van der Waals surface area (Å²) in [6.07, 6.45) is 7.65. The van der Waals surface area contributed by atoms with Gasteiger partial charge in [-0.15, -0.1) is 0 Å². The first-order valence-electron chi connectivity index (χ1n) is 12.2. The van der Waals surface area contributed by atoms with E-state index >= 15 is 0 Å².